The van der Waals surface area contributed by atoms with E-state index < -0.39 is 5.97 Å². The van der Waals surface area contributed by atoms with Crippen molar-refractivity contribution in [1.82, 2.24) is 4.90 Å². The van der Waals surface area contributed by atoms with Gasteiger partial charge in [-0.1, -0.05) is 0 Å². The molecule has 0 saturated heterocycles. The first kappa shape index (κ1) is 14.5. The maximum Gasteiger partial charge on any atom is 0.306 e. The molecular weight excluding hydrogens is 232 g/mol. The summed E-state index contributed by atoms with van der Waals surface area (Å²) in [6.07, 6.45) is 1.66. The number of carboxylic acids is 1. The van der Waals surface area contributed by atoms with E-state index in [0.717, 1.165) is 0 Å². The second-order valence-electron chi connectivity index (χ2n) is 4.95. The Morgan fingerprint density at radius 2 is 2.06 bits per heavy atom. The van der Waals surface area contributed by atoms with Crippen molar-refractivity contribution in [2.24, 2.45) is 17.8 Å². The first-order valence-corrected chi connectivity index (χ1v) is 6.40. The highest BCUT2D eigenvalue weighted by molar-refractivity contribution is 5.81. The number of carbonyl (C=O) groups is 2. The van der Waals surface area contributed by atoms with Gasteiger partial charge in [-0.3, -0.25) is 9.59 Å². The van der Waals surface area contributed by atoms with Crippen molar-refractivity contribution in [3.8, 4) is 6.07 Å². The maximum absolute atomic E-state index is 12.2. The number of carboxylic acid groups (broad SMARTS) is 1. The van der Waals surface area contributed by atoms with Crippen LogP contribution in [0.2, 0.25) is 0 Å². The van der Waals surface area contributed by atoms with Crippen LogP contribution in [-0.4, -0.2) is 35.0 Å². The molecule has 0 aromatic heterocycles. The first-order valence-electron chi connectivity index (χ1n) is 6.40. The second kappa shape index (κ2) is 6.39. The standard InChI is InChI=1S/C13H20N2O3/c1-3-15(8-9(2)7-14)12(16)10-4-5-11(6-10)13(17)18/h9-11H,3-6,8H2,1-2H3,(H,17,18)/t9?,10-,11+/m1/s1. The van der Waals surface area contributed by atoms with Crippen LogP contribution < -0.4 is 0 Å². The topological polar surface area (TPSA) is 81.4 Å². The van der Waals surface area contributed by atoms with Gasteiger partial charge in [-0.15, -0.1) is 0 Å². The van der Waals surface area contributed by atoms with E-state index in [4.69, 9.17) is 10.4 Å². The molecule has 1 fully saturated rings. The van der Waals surface area contributed by atoms with Crippen LogP contribution >= 0.6 is 0 Å². The average molecular weight is 252 g/mol. The summed E-state index contributed by atoms with van der Waals surface area (Å²) in [6.45, 7) is 4.66. The minimum Gasteiger partial charge on any atom is -0.481 e. The van der Waals surface area contributed by atoms with Crippen molar-refractivity contribution in [1.29, 1.82) is 5.26 Å². The molecule has 0 aliphatic heterocycles. The summed E-state index contributed by atoms with van der Waals surface area (Å²) in [6, 6.07) is 2.11. The monoisotopic (exact) mass is 252 g/mol. The van der Waals surface area contributed by atoms with Crippen molar-refractivity contribution < 1.29 is 14.7 Å². The van der Waals surface area contributed by atoms with Crippen molar-refractivity contribution in [2.45, 2.75) is 33.1 Å². The molecule has 1 aliphatic rings. The van der Waals surface area contributed by atoms with E-state index in [0.29, 0.717) is 32.4 Å². The second-order valence-corrected chi connectivity index (χ2v) is 4.95. The molecule has 0 spiro atoms. The third-order valence-electron chi connectivity index (χ3n) is 3.54. The molecule has 0 bridgehead atoms. The van der Waals surface area contributed by atoms with E-state index in [1.54, 1.807) is 11.8 Å². The van der Waals surface area contributed by atoms with E-state index in [9.17, 15) is 9.59 Å². The van der Waals surface area contributed by atoms with Gasteiger partial charge in [0.05, 0.1) is 17.9 Å². The summed E-state index contributed by atoms with van der Waals surface area (Å²) in [7, 11) is 0. The zero-order chi connectivity index (χ0) is 13.7. The van der Waals surface area contributed by atoms with Crippen molar-refractivity contribution in [3.05, 3.63) is 0 Å². The minimum absolute atomic E-state index is 0.00310. The highest BCUT2D eigenvalue weighted by Crippen LogP contribution is 2.32. The molecule has 5 heteroatoms. The molecule has 1 amide bonds. The largest absolute Gasteiger partial charge is 0.481 e. The van der Waals surface area contributed by atoms with Crippen LogP contribution in [0.15, 0.2) is 0 Å². The highest BCUT2D eigenvalue weighted by Gasteiger charge is 2.35. The van der Waals surface area contributed by atoms with Crippen molar-refractivity contribution >= 4 is 11.9 Å². The van der Waals surface area contributed by atoms with Gasteiger partial charge in [0.1, 0.15) is 0 Å². The van der Waals surface area contributed by atoms with Crippen LogP contribution in [0.1, 0.15) is 33.1 Å². The molecular formula is C13H20N2O3. The van der Waals surface area contributed by atoms with Gasteiger partial charge in [0, 0.05) is 19.0 Å². The zero-order valence-electron chi connectivity index (χ0n) is 10.9. The number of nitrogens with zero attached hydrogens (tertiary/aromatic N) is 2. The molecule has 0 aromatic carbocycles. The van der Waals surface area contributed by atoms with Crippen LogP contribution in [0.3, 0.4) is 0 Å². The highest BCUT2D eigenvalue weighted by atomic mass is 16.4. The summed E-state index contributed by atoms with van der Waals surface area (Å²) < 4.78 is 0. The molecule has 1 unspecified atom stereocenters. The first-order chi connectivity index (χ1) is 8.49. The van der Waals surface area contributed by atoms with Gasteiger partial charge >= 0.3 is 5.97 Å². The fraction of sp³-hybridized carbons (Fsp3) is 0.769. The third kappa shape index (κ3) is 3.46. The Labute approximate surface area is 107 Å². The predicted octanol–water partition coefficient (Wildman–Crippen LogP) is 1.50. The third-order valence-corrected chi connectivity index (χ3v) is 3.54. The quantitative estimate of drug-likeness (QED) is 0.803. The van der Waals surface area contributed by atoms with Gasteiger partial charge < -0.3 is 10.0 Å². The van der Waals surface area contributed by atoms with Gasteiger partial charge in [0.25, 0.3) is 0 Å². The maximum atomic E-state index is 12.2. The van der Waals surface area contributed by atoms with Gasteiger partial charge in [0.2, 0.25) is 5.91 Å². The molecule has 0 aromatic rings. The molecule has 0 radical (unpaired) electrons. The fourth-order valence-corrected chi connectivity index (χ4v) is 2.43. The molecule has 100 valence electrons. The van der Waals surface area contributed by atoms with Gasteiger partial charge in [-0.2, -0.15) is 5.26 Å². The molecule has 1 N–H and O–H groups in total. The smallest absolute Gasteiger partial charge is 0.306 e. The van der Waals surface area contributed by atoms with Crippen molar-refractivity contribution in [2.75, 3.05) is 13.1 Å². The number of carbonyl (C=O) groups excluding carboxylic acids is 1. The Morgan fingerprint density at radius 3 is 2.50 bits per heavy atom. The molecule has 18 heavy (non-hydrogen) atoms. The fourth-order valence-electron chi connectivity index (χ4n) is 2.43. The number of aliphatic carboxylic acids is 1. The number of rotatable bonds is 5. The lowest BCUT2D eigenvalue weighted by molar-refractivity contribution is -0.141. The van der Waals surface area contributed by atoms with E-state index in [2.05, 4.69) is 6.07 Å². The minimum atomic E-state index is -0.807. The number of hydrogen-bond acceptors (Lipinski definition) is 3. The Bertz CT molecular complexity index is 362. The summed E-state index contributed by atoms with van der Waals surface area (Å²) in [5, 5.41) is 17.7. The summed E-state index contributed by atoms with van der Waals surface area (Å²) in [4.78, 5) is 24.8. The molecule has 5 nitrogen and oxygen atoms in total. The lowest BCUT2D eigenvalue weighted by Gasteiger charge is -2.25. The Kier molecular flexibility index (Phi) is 5.14. The van der Waals surface area contributed by atoms with Crippen LogP contribution in [0.25, 0.3) is 0 Å². The number of hydrogen-bond donors (Lipinski definition) is 1. The van der Waals surface area contributed by atoms with E-state index in [-0.39, 0.29) is 23.7 Å². The van der Waals surface area contributed by atoms with Crippen LogP contribution in [0, 0.1) is 29.1 Å². The zero-order valence-corrected chi connectivity index (χ0v) is 10.9. The SMILES string of the molecule is CCN(CC(C)C#N)C(=O)[C@@H]1CC[C@H](C(=O)O)C1. The molecule has 1 saturated carbocycles. The Hall–Kier alpha value is -1.57. The van der Waals surface area contributed by atoms with Crippen LogP contribution in [-0.2, 0) is 9.59 Å². The van der Waals surface area contributed by atoms with Crippen LogP contribution in [0.4, 0.5) is 0 Å². The summed E-state index contributed by atoms with van der Waals surface area (Å²) in [5.41, 5.74) is 0. The average Bonchev–Trinajstić information content (AvgIpc) is 2.84. The van der Waals surface area contributed by atoms with Gasteiger partial charge in [-0.05, 0) is 33.1 Å². The van der Waals surface area contributed by atoms with E-state index in [1.807, 2.05) is 6.92 Å². The molecule has 0 heterocycles. The van der Waals surface area contributed by atoms with Crippen LogP contribution in [0.5, 0.6) is 0 Å². The van der Waals surface area contributed by atoms with Gasteiger partial charge in [-0.25, -0.2) is 0 Å². The lowest BCUT2D eigenvalue weighted by atomic mass is 10.0. The Morgan fingerprint density at radius 1 is 1.44 bits per heavy atom. The summed E-state index contributed by atoms with van der Waals surface area (Å²) in [5.74, 6) is -1.56. The van der Waals surface area contributed by atoms with Gasteiger partial charge in [0.15, 0.2) is 0 Å². The Balaban J connectivity index is 2.58. The van der Waals surface area contributed by atoms with E-state index >= 15 is 0 Å². The number of nitriles is 1. The normalized spacial score (nSPS) is 24.3. The lowest BCUT2D eigenvalue weighted by Crippen LogP contribution is -2.38. The van der Waals surface area contributed by atoms with Crippen molar-refractivity contribution in [3.63, 3.8) is 0 Å². The molecule has 1 rings (SSSR count). The molecule has 3 atom stereocenters. The molecule has 1 aliphatic carbocycles. The number of amides is 1. The van der Waals surface area contributed by atoms with E-state index in [1.165, 1.54) is 0 Å². The summed E-state index contributed by atoms with van der Waals surface area (Å²) >= 11 is 0. The predicted molar refractivity (Wildman–Crippen MR) is 65.5 cm³/mol.